The molecule has 2 rings (SSSR count). The number of aromatic nitrogens is 1. The van der Waals surface area contributed by atoms with Crippen molar-refractivity contribution < 1.29 is 18.7 Å². The van der Waals surface area contributed by atoms with Crippen LogP contribution in [0, 0.1) is 0 Å². The molecule has 1 amide bonds. The zero-order valence-corrected chi connectivity index (χ0v) is 11.1. The Labute approximate surface area is 114 Å². The maximum atomic E-state index is 11.8. The highest BCUT2D eigenvalue weighted by molar-refractivity contribution is 5.83. The summed E-state index contributed by atoms with van der Waals surface area (Å²) in [5.74, 6) is -1.61. The molecule has 2 aromatic rings. The van der Waals surface area contributed by atoms with E-state index < -0.39 is 17.8 Å². The summed E-state index contributed by atoms with van der Waals surface area (Å²) in [5.41, 5.74) is 0.973. The third kappa shape index (κ3) is 2.71. The molecule has 0 aliphatic carbocycles. The molecule has 0 fully saturated rings. The number of para-hydroxylation sites is 2. The van der Waals surface area contributed by atoms with E-state index in [1.807, 2.05) is 0 Å². The molecule has 0 aliphatic rings. The number of amides is 1. The van der Waals surface area contributed by atoms with Gasteiger partial charge in [0.05, 0.1) is 19.2 Å². The first-order valence-electron chi connectivity index (χ1n) is 5.96. The van der Waals surface area contributed by atoms with Crippen LogP contribution in [0.25, 0.3) is 11.1 Å². The molecule has 1 aromatic heterocycles. The van der Waals surface area contributed by atoms with Gasteiger partial charge in [0.2, 0.25) is 5.91 Å². The fourth-order valence-electron chi connectivity index (χ4n) is 1.94. The Balaban J connectivity index is 2.37. The van der Waals surface area contributed by atoms with E-state index in [0.717, 1.165) is 0 Å². The molecular formula is C13H14N2O5. The maximum absolute atomic E-state index is 11.8. The lowest BCUT2D eigenvalue weighted by Crippen LogP contribution is -2.44. The van der Waals surface area contributed by atoms with E-state index in [0.29, 0.717) is 11.1 Å². The van der Waals surface area contributed by atoms with Crippen LogP contribution in [0.15, 0.2) is 33.5 Å². The predicted octanol–water partition coefficient (Wildman–Crippen LogP) is 0.272. The number of methoxy groups -OCH3 is 1. The number of oxazole rings is 1. The Bertz CT molecular complexity index is 700. The summed E-state index contributed by atoms with van der Waals surface area (Å²) in [4.78, 5) is 34.6. The Morgan fingerprint density at radius 1 is 1.40 bits per heavy atom. The summed E-state index contributed by atoms with van der Waals surface area (Å²) in [6, 6.07) is 5.89. The largest absolute Gasteiger partial charge is 0.467 e. The molecule has 0 radical (unpaired) electrons. The second-order valence-electron chi connectivity index (χ2n) is 4.22. The molecule has 7 heteroatoms. The smallest absolute Gasteiger partial charge is 0.420 e. The Morgan fingerprint density at radius 3 is 2.75 bits per heavy atom. The fourth-order valence-corrected chi connectivity index (χ4v) is 1.94. The third-order valence-electron chi connectivity index (χ3n) is 2.80. The number of fused-ring (bicyclic) bond motifs is 1. The number of hydrogen-bond donors (Lipinski definition) is 1. The first-order chi connectivity index (χ1) is 9.52. The van der Waals surface area contributed by atoms with E-state index in [2.05, 4.69) is 10.1 Å². The van der Waals surface area contributed by atoms with Gasteiger partial charge < -0.3 is 14.5 Å². The van der Waals surface area contributed by atoms with Crippen LogP contribution in [0.4, 0.5) is 0 Å². The van der Waals surface area contributed by atoms with E-state index in [1.165, 1.54) is 18.6 Å². The number of ether oxygens (including phenoxy) is 1. The first-order valence-corrected chi connectivity index (χ1v) is 5.96. The summed E-state index contributed by atoms with van der Waals surface area (Å²) < 4.78 is 11.0. The number of carbonyl (C=O) groups is 2. The van der Waals surface area contributed by atoms with E-state index in [1.54, 1.807) is 24.3 Å². The molecular weight excluding hydrogens is 264 g/mol. The summed E-state index contributed by atoms with van der Waals surface area (Å²) >= 11 is 0. The van der Waals surface area contributed by atoms with Crippen LogP contribution in [0.2, 0.25) is 0 Å². The minimum absolute atomic E-state index is 0.0535. The van der Waals surface area contributed by atoms with E-state index in [4.69, 9.17) is 4.42 Å². The Morgan fingerprint density at radius 2 is 2.10 bits per heavy atom. The van der Waals surface area contributed by atoms with Gasteiger partial charge in [-0.25, -0.2) is 9.59 Å². The normalized spacial score (nSPS) is 12.1. The van der Waals surface area contributed by atoms with Crippen molar-refractivity contribution in [3.8, 4) is 0 Å². The van der Waals surface area contributed by atoms with Gasteiger partial charge in [-0.15, -0.1) is 0 Å². The number of carbonyl (C=O) groups excluding carboxylic acids is 2. The van der Waals surface area contributed by atoms with Gasteiger partial charge in [-0.3, -0.25) is 9.36 Å². The minimum Gasteiger partial charge on any atom is -0.467 e. The standard InChI is InChI=1S/C13H14N2O5/c1-8(16)14-9(12(17)19-2)7-15-10-5-3-4-6-11(10)20-13(15)18/h3-6,9H,7H2,1-2H3,(H,14,16). The fraction of sp³-hybridized carbons (Fsp3) is 0.308. The van der Waals surface area contributed by atoms with Crippen molar-refractivity contribution in [2.24, 2.45) is 0 Å². The van der Waals surface area contributed by atoms with Gasteiger partial charge >= 0.3 is 11.7 Å². The molecule has 7 nitrogen and oxygen atoms in total. The van der Waals surface area contributed by atoms with E-state index in [-0.39, 0.29) is 12.5 Å². The van der Waals surface area contributed by atoms with Crippen molar-refractivity contribution in [3.63, 3.8) is 0 Å². The number of esters is 1. The van der Waals surface area contributed by atoms with Crippen molar-refractivity contribution in [2.75, 3.05) is 7.11 Å². The number of rotatable bonds is 4. The molecule has 0 saturated heterocycles. The average molecular weight is 278 g/mol. The summed E-state index contributed by atoms with van der Waals surface area (Å²) in [6.45, 7) is 1.23. The summed E-state index contributed by atoms with van der Waals surface area (Å²) in [5, 5.41) is 2.45. The van der Waals surface area contributed by atoms with Crippen molar-refractivity contribution >= 4 is 23.0 Å². The van der Waals surface area contributed by atoms with Crippen LogP contribution in [0.1, 0.15) is 6.92 Å². The number of benzene rings is 1. The van der Waals surface area contributed by atoms with Crippen molar-refractivity contribution in [2.45, 2.75) is 19.5 Å². The molecule has 1 unspecified atom stereocenters. The van der Waals surface area contributed by atoms with Gasteiger partial charge in [0.25, 0.3) is 0 Å². The SMILES string of the molecule is COC(=O)C(Cn1c(=O)oc2ccccc21)NC(C)=O. The number of hydrogen-bond acceptors (Lipinski definition) is 5. The lowest BCUT2D eigenvalue weighted by Gasteiger charge is -2.15. The van der Waals surface area contributed by atoms with Gasteiger partial charge in [-0.1, -0.05) is 12.1 Å². The Kier molecular flexibility index (Phi) is 3.88. The van der Waals surface area contributed by atoms with Crippen LogP contribution in [0.5, 0.6) is 0 Å². The lowest BCUT2D eigenvalue weighted by atomic mass is 10.2. The molecule has 20 heavy (non-hydrogen) atoms. The van der Waals surface area contributed by atoms with Crippen LogP contribution >= 0.6 is 0 Å². The highest BCUT2D eigenvalue weighted by Gasteiger charge is 2.23. The van der Waals surface area contributed by atoms with Crippen molar-refractivity contribution in [1.82, 2.24) is 9.88 Å². The number of nitrogens with one attached hydrogen (secondary N) is 1. The molecule has 1 atom stereocenters. The van der Waals surface area contributed by atoms with Gasteiger partial charge in [0.15, 0.2) is 5.58 Å². The zero-order valence-electron chi connectivity index (χ0n) is 11.1. The van der Waals surface area contributed by atoms with Crippen LogP contribution in [-0.4, -0.2) is 29.6 Å². The van der Waals surface area contributed by atoms with Gasteiger partial charge in [0, 0.05) is 6.92 Å². The van der Waals surface area contributed by atoms with E-state index >= 15 is 0 Å². The van der Waals surface area contributed by atoms with E-state index in [9.17, 15) is 14.4 Å². The van der Waals surface area contributed by atoms with Crippen LogP contribution < -0.4 is 11.1 Å². The molecule has 0 aliphatic heterocycles. The maximum Gasteiger partial charge on any atom is 0.420 e. The van der Waals surface area contributed by atoms with Crippen LogP contribution in [-0.2, 0) is 20.9 Å². The number of nitrogens with zero attached hydrogens (tertiary/aromatic N) is 1. The molecule has 1 aromatic carbocycles. The van der Waals surface area contributed by atoms with Gasteiger partial charge in [-0.2, -0.15) is 0 Å². The highest BCUT2D eigenvalue weighted by atomic mass is 16.5. The molecule has 0 spiro atoms. The Hall–Kier alpha value is -2.57. The summed E-state index contributed by atoms with van der Waals surface area (Å²) in [6.07, 6.45) is 0. The highest BCUT2D eigenvalue weighted by Crippen LogP contribution is 2.12. The second kappa shape index (κ2) is 5.60. The quantitative estimate of drug-likeness (QED) is 0.811. The average Bonchev–Trinajstić information content (AvgIpc) is 2.73. The topological polar surface area (TPSA) is 90.5 Å². The molecule has 0 saturated carbocycles. The predicted molar refractivity (Wildman–Crippen MR) is 70.1 cm³/mol. The van der Waals surface area contributed by atoms with Gasteiger partial charge in [-0.05, 0) is 12.1 Å². The monoisotopic (exact) mass is 278 g/mol. The van der Waals surface area contributed by atoms with Crippen molar-refractivity contribution in [3.05, 3.63) is 34.8 Å². The molecule has 0 bridgehead atoms. The molecule has 1 N–H and O–H groups in total. The third-order valence-corrected chi connectivity index (χ3v) is 2.80. The van der Waals surface area contributed by atoms with Crippen molar-refractivity contribution in [1.29, 1.82) is 0 Å². The minimum atomic E-state index is -0.948. The first kappa shape index (κ1) is 13.9. The van der Waals surface area contributed by atoms with Gasteiger partial charge in [0.1, 0.15) is 6.04 Å². The molecule has 106 valence electrons. The summed E-state index contributed by atoms with van der Waals surface area (Å²) in [7, 11) is 1.22. The zero-order chi connectivity index (χ0) is 14.7. The lowest BCUT2D eigenvalue weighted by molar-refractivity contribution is -0.145. The van der Waals surface area contributed by atoms with Crippen LogP contribution in [0.3, 0.4) is 0 Å². The second-order valence-corrected chi connectivity index (χ2v) is 4.22. The molecule has 1 heterocycles.